The Hall–Kier alpha value is -1.81. The second kappa shape index (κ2) is 4.22. The first-order valence-corrected chi connectivity index (χ1v) is 5.84. The normalized spacial score (nSPS) is 15.8. The third kappa shape index (κ3) is 1.91. The highest BCUT2D eigenvalue weighted by Gasteiger charge is 2.19. The van der Waals surface area contributed by atoms with E-state index >= 15 is 0 Å². The molecule has 3 rings (SSSR count). The minimum Gasteiger partial charge on any atom is -0.507 e. The average molecular weight is 229 g/mol. The number of aromatic hydroxyl groups is 1. The molecule has 4 nitrogen and oxygen atoms in total. The number of para-hydroxylation sites is 1. The highest BCUT2D eigenvalue weighted by Crippen LogP contribution is 2.28. The smallest absolute Gasteiger partial charge is 0.124 e. The minimum absolute atomic E-state index is 0.306. The van der Waals surface area contributed by atoms with Gasteiger partial charge in [0.05, 0.1) is 18.2 Å². The second-order valence-electron chi connectivity index (χ2n) is 4.47. The van der Waals surface area contributed by atoms with Crippen LogP contribution in [-0.4, -0.2) is 27.7 Å². The van der Waals surface area contributed by atoms with E-state index in [1.54, 1.807) is 12.3 Å². The maximum absolute atomic E-state index is 9.86. The summed E-state index contributed by atoms with van der Waals surface area (Å²) in [5.41, 5.74) is 1.83. The Morgan fingerprint density at radius 3 is 2.88 bits per heavy atom. The van der Waals surface area contributed by atoms with Gasteiger partial charge in [-0.15, -0.1) is 0 Å². The van der Waals surface area contributed by atoms with E-state index < -0.39 is 0 Å². The summed E-state index contributed by atoms with van der Waals surface area (Å²) in [7, 11) is 0. The molecule has 2 N–H and O–H groups in total. The zero-order chi connectivity index (χ0) is 11.7. The average Bonchev–Trinajstić information content (AvgIpc) is 2.72. The summed E-state index contributed by atoms with van der Waals surface area (Å²) in [4.78, 5) is 4.18. The molecule has 4 heteroatoms. The van der Waals surface area contributed by atoms with Crippen LogP contribution in [0.5, 0.6) is 5.75 Å². The Morgan fingerprint density at radius 1 is 1.35 bits per heavy atom. The molecule has 0 amide bonds. The molecule has 0 aliphatic carbocycles. The number of nitrogens with one attached hydrogen (secondary N) is 1. The van der Waals surface area contributed by atoms with Gasteiger partial charge in [-0.25, -0.2) is 4.98 Å². The molecule has 0 bridgehead atoms. The van der Waals surface area contributed by atoms with E-state index in [1.807, 2.05) is 24.5 Å². The molecule has 1 fully saturated rings. The lowest BCUT2D eigenvalue weighted by molar-refractivity contribution is 0.307. The second-order valence-corrected chi connectivity index (χ2v) is 4.47. The number of hydrogen-bond donors (Lipinski definition) is 2. The molecule has 1 saturated heterocycles. The minimum atomic E-state index is 0.306. The number of imidazole rings is 1. The molecule has 17 heavy (non-hydrogen) atoms. The Morgan fingerprint density at radius 2 is 2.18 bits per heavy atom. The van der Waals surface area contributed by atoms with E-state index in [-0.39, 0.29) is 0 Å². The van der Waals surface area contributed by atoms with Crippen LogP contribution >= 0.6 is 0 Å². The molecule has 1 aliphatic rings. The molecule has 0 spiro atoms. The number of nitrogens with zero attached hydrogens (tertiary/aromatic N) is 2. The Kier molecular flexibility index (Phi) is 2.57. The zero-order valence-electron chi connectivity index (χ0n) is 9.50. The summed E-state index contributed by atoms with van der Waals surface area (Å²) in [6, 6.07) is 7.38. The van der Waals surface area contributed by atoms with Crippen LogP contribution in [0.25, 0.3) is 11.3 Å². The lowest BCUT2D eigenvalue weighted by atomic mass is 10.0. The third-order valence-corrected chi connectivity index (χ3v) is 3.21. The lowest BCUT2D eigenvalue weighted by Gasteiger charge is -2.28. The molecule has 1 aromatic heterocycles. The van der Waals surface area contributed by atoms with Crippen molar-refractivity contribution < 1.29 is 5.11 Å². The van der Waals surface area contributed by atoms with Crippen LogP contribution in [0.15, 0.2) is 36.8 Å². The third-order valence-electron chi connectivity index (χ3n) is 3.21. The molecule has 88 valence electrons. The molecule has 0 radical (unpaired) electrons. The van der Waals surface area contributed by atoms with Crippen molar-refractivity contribution in [2.24, 2.45) is 5.92 Å². The van der Waals surface area contributed by atoms with Gasteiger partial charge in [-0.05, 0) is 12.1 Å². The van der Waals surface area contributed by atoms with Gasteiger partial charge < -0.3 is 15.0 Å². The van der Waals surface area contributed by atoms with Crippen LogP contribution in [0, 0.1) is 5.92 Å². The topological polar surface area (TPSA) is 50.1 Å². The molecule has 0 unspecified atom stereocenters. The number of hydrogen-bond acceptors (Lipinski definition) is 3. The van der Waals surface area contributed by atoms with Gasteiger partial charge in [-0.2, -0.15) is 0 Å². The van der Waals surface area contributed by atoms with Crippen molar-refractivity contribution >= 4 is 0 Å². The summed E-state index contributed by atoms with van der Waals surface area (Å²) >= 11 is 0. The summed E-state index contributed by atoms with van der Waals surface area (Å²) in [5, 5.41) is 13.1. The van der Waals surface area contributed by atoms with Crippen molar-refractivity contribution in [3.05, 3.63) is 36.8 Å². The molecule has 2 aromatic rings. The van der Waals surface area contributed by atoms with Crippen molar-refractivity contribution in [1.29, 1.82) is 0 Å². The maximum Gasteiger partial charge on any atom is 0.124 e. The molecule has 0 saturated carbocycles. The van der Waals surface area contributed by atoms with E-state index in [2.05, 4.69) is 14.9 Å². The number of phenols is 1. The Labute approximate surface area is 99.9 Å². The van der Waals surface area contributed by atoms with Gasteiger partial charge in [0.2, 0.25) is 0 Å². The van der Waals surface area contributed by atoms with Crippen molar-refractivity contribution in [3.8, 4) is 17.0 Å². The fourth-order valence-electron chi connectivity index (χ4n) is 2.14. The van der Waals surface area contributed by atoms with E-state index in [9.17, 15) is 5.11 Å². The molecular weight excluding hydrogens is 214 g/mol. The van der Waals surface area contributed by atoms with E-state index in [0.717, 1.165) is 30.9 Å². The van der Waals surface area contributed by atoms with Crippen molar-refractivity contribution in [2.45, 2.75) is 6.54 Å². The van der Waals surface area contributed by atoms with Crippen LogP contribution in [0.4, 0.5) is 0 Å². The lowest BCUT2D eigenvalue weighted by Crippen LogP contribution is -2.44. The molecular formula is C13H15N3O. The summed E-state index contributed by atoms with van der Waals surface area (Å²) in [5.74, 6) is 0.981. The summed E-state index contributed by atoms with van der Waals surface area (Å²) < 4.78 is 2.11. The number of benzene rings is 1. The quantitative estimate of drug-likeness (QED) is 0.838. The fourth-order valence-corrected chi connectivity index (χ4v) is 2.14. The van der Waals surface area contributed by atoms with Crippen molar-refractivity contribution in [3.63, 3.8) is 0 Å². The standard InChI is InChI=1S/C13H15N3O/c17-13-4-2-1-3-11(13)12-7-15-9-16(12)8-10-5-14-6-10/h1-4,7,9-10,14,17H,5-6,8H2. The Balaban J connectivity index is 1.92. The maximum atomic E-state index is 9.86. The number of aromatic nitrogens is 2. The van der Waals surface area contributed by atoms with Crippen LogP contribution in [0.3, 0.4) is 0 Å². The highest BCUT2D eigenvalue weighted by atomic mass is 16.3. The van der Waals surface area contributed by atoms with E-state index in [1.165, 1.54) is 0 Å². The summed E-state index contributed by atoms with van der Waals surface area (Å²) in [6.07, 6.45) is 3.64. The van der Waals surface area contributed by atoms with Gasteiger partial charge in [0.15, 0.2) is 0 Å². The first-order chi connectivity index (χ1) is 8.34. The van der Waals surface area contributed by atoms with Crippen LogP contribution in [0.2, 0.25) is 0 Å². The summed E-state index contributed by atoms with van der Waals surface area (Å²) in [6.45, 7) is 3.09. The largest absolute Gasteiger partial charge is 0.507 e. The molecule has 1 aromatic carbocycles. The first-order valence-electron chi connectivity index (χ1n) is 5.84. The van der Waals surface area contributed by atoms with Crippen LogP contribution in [0.1, 0.15) is 0 Å². The van der Waals surface area contributed by atoms with Gasteiger partial charge in [0.25, 0.3) is 0 Å². The first kappa shape index (κ1) is 10.4. The Bertz CT molecular complexity index is 517. The van der Waals surface area contributed by atoms with Gasteiger partial charge in [0, 0.05) is 31.1 Å². The predicted octanol–water partition coefficient (Wildman–Crippen LogP) is 1.48. The van der Waals surface area contributed by atoms with Crippen LogP contribution < -0.4 is 5.32 Å². The van der Waals surface area contributed by atoms with Gasteiger partial charge in [0.1, 0.15) is 5.75 Å². The molecule has 2 heterocycles. The molecule has 1 aliphatic heterocycles. The predicted molar refractivity (Wildman–Crippen MR) is 65.7 cm³/mol. The van der Waals surface area contributed by atoms with Crippen LogP contribution in [-0.2, 0) is 6.54 Å². The SMILES string of the molecule is Oc1ccccc1-c1cncn1CC1CNC1. The highest BCUT2D eigenvalue weighted by molar-refractivity contribution is 5.66. The monoisotopic (exact) mass is 229 g/mol. The van der Waals surface area contributed by atoms with Crippen molar-refractivity contribution in [1.82, 2.24) is 14.9 Å². The zero-order valence-corrected chi connectivity index (χ0v) is 9.50. The van der Waals surface area contributed by atoms with Gasteiger partial charge in [-0.1, -0.05) is 12.1 Å². The molecule has 0 atom stereocenters. The van der Waals surface area contributed by atoms with E-state index in [4.69, 9.17) is 0 Å². The van der Waals surface area contributed by atoms with E-state index in [0.29, 0.717) is 11.7 Å². The van der Waals surface area contributed by atoms with Gasteiger partial charge in [-0.3, -0.25) is 0 Å². The van der Waals surface area contributed by atoms with Gasteiger partial charge >= 0.3 is 0 Å². The van der Waals surface area contributed by atoms with Crippen molar-refractivity contribution in [2.75, 3.05) is 13.1 Å². The number of rotatable bonds is 3. The number of phenolic OH excluding ortho intramolecular Hbond substituents is 1. The fraction of sp³-hybridized carbons (Fsp3) is 0.308.